The number of nitrogens with one attached hydrogen (secondary N) is 2. The van der Waals surface area contributed by atoms with Gasteiger partial charge in [-0.15, -0.1) is 10.2 Å². The van der Waals surface area contributed by atoms with Crippen LogP contribution in [-0.4, -0.2) is 38.9 Å². The lowest BCUT2D eigenvalue weighted by atomic mass is 10.1. The summed E-state index contributed by atoms with van der Waals surface area (Å²) in [5.74, 6) is 0.646. The van der Waals surface area contributed by atoms with Gasteiger partial charge in [-0.3, -0.25) is 14.2 Å². The van der Waals surface area contributed by atoms with Gasteiger partial charge in [-0.05, 0) is 56.2 Å². The van der Waals surface area contributed by atoms with Gasteiger partial charge in [0, 0.05) is 11.4 Å². The molecule has 0 saturated carbocycles. The molecule has 0 atom stereocenters. The Bertz CT molecular complexity index is 1280. The molecule has 0 radical (unpaired) electrons. The number of nitrogens with zero attached hydrogens (tertiary/aromatic N) is 3. The Morgan fingerprint density at radius 1 is 0.971 bits per heavy atom. The zero-order valence-electron chi connectivity index (χ0n) is 19.2. The molecule has 0 aliphatic carbocycles. The highest BCUT2D eigenvalue weighted by Gasteiger charge is 2.19. The molecule has 2 heterocycles. The smallest absolute Gasteiger partial charge is 0.243 e. The molecule has 0 saturated heterocycles. The summed E-state index contributed by atoms with van der Waals surface area (Å²) in [6, 6.07) is 17.2. The minimum Gasteiger partial charge on any atom is -0.461 e. The van der Waals surface area contributed by atoms with Crippen molar-refractivity contribution in [3.05, 3.63) is 77.6 Å². The third-order valence-electron chi connectivity index (χ3n) is 5.11. The number of anilines is 1. The van der Waals surface area contributed by atoms with Crippen LogP contribution in [0.5, 0.6) is 0 Å². The van der Waals surface area contributed by atoms with E-state index in [-0.39, 0.29) is 24.1 Å². The number of carbonyl (C=O) groups is 2. The Morgan fingerprint density at radius 3 is 2.38 bits per heavy atom. The molecule has 34 heavy (non-hydrogen) atoms. The molecule has 0 bridgehead atoms. The summed E-state index contributed by atoms with van der Waals surface area (Å²) >= 11 is 1.23. The average molecular weight is 476 g/mol. The van der Waals surface area contributed by atoms with E-state index in [4.69, 9.17) is 4.42 Å². The van der Waals surface area contributed by atoms with Gasteiger partial charge in [0.05, 0.1) is 18.6 Å². The Kier molecular flexibility index (Phi) is 7.12. The molecule has 0 spiro atoms. The van der Waals surface area contributed by atoms with E-state index in [2.05, 4.69) is 20.8 Å². The molecule has 8 nitrogen and oxygen atoms in total. The van der Waals surface area contributed by atoms with Crippen LogP contribution < -0.4 is 10.6 Å². The minimum atomic E-state index is -0.278. The summed E-state index contributed by atoms with van der Waals surface area (Å²) < 4.78 is 7.34. The second kappa shape index (κ2) is 10.4. The maximum atomic E-state index is 12.4. The molecule has 0 unspecified atom stereocenters. The van der Waals surface area contributed by atoms with Gasteiger partial charge in [0.15, 0.2) is 10.9 Å². The summed E-state index contributed by atoms with van der Waals surface area (Å²) in [4.78, 5) is 24.8. The van der Waals surface area contributed by atoms with E-state index in [1.165, 1.54) is 11.8 Å². The average Bonchev–Trinajstić information content (AvgIpc) is 3.49. The molecule has 0 aliphatic rings. The largest absolute Gasteiger partial charge is 0.461 e. The fourth-order valence-corrected chi connectivity index (χ4v) is 4.44. The number of rotatable bonds is 8. The lowest BCUT2D eigenvalue weighted by Gasteiger charge is -2.13. The summed E-state index contributed by atoms with van der Waals surface area (Å²) in [5, 5.41) is 14.6. The number of benzene rings is 2. The molecule has 0 fully saturated rings. The minimum absolute atomic E-state index is 0.0823. The Balaban J connectivity index is 1.39. The third-order valence-corrected chi connectivity index (χ3v) is 6.04. The van der Waals surface area contributed by atoms with Crippen LogP contribution in [0, 0.1) is 20.8 Å². The van der Waals surface area contributed by atoms with Gasteiger partial charge >= 0.3 is 0 Å². The number of carbonyl (C=O) groups excluding carboxylic acids is 2. The highest BCUT2D eigenvalue weighted by molar-refractivity contribution is 7.99. The van der Waals surface area contributed by atoms with Crippen molar-refractivity contribution in [1.29, 1.82) is 0 Å². The standard InChI is InChI=1S/C25H25N5O3S/c1-16-12-17(2)23(18(3)13-16)27-21(31)14-26-22(32)15-34-25-29-28-24(20-10-7-11-33-20)30(25)19-8-5-4-6-9-19/h4-13H,14-15H2,1-3H3,(H,26,32)(H,27,31). The first kappa shape index (κ1) is 23.3. The second-order valence-electron chi connectivity index (χ2n) is 7.84. The van der Waals surface area contributed by atoms with Crippen LogP contribution in [0.15, 0.2) is 70.4 Å². The molecule has 174 valence electrons. The molecule has 4 rings (SSSR count). The quantitative estimate of drug-likeness (QED) is 0.369. The molecule has 2 aromatic heterocycles. The zero-order chi connectivity index (χ0) is 24.1. The highest BCUT2D eigenvalue weighted by Crippen LogP contribution is 2.28. The molecule has 2 aromatic carbocycles. The van der Waals surface area contributed by atoms with Crippen molar-refractivity contribution in [3.63, 3.8) is 0 Å². The third kappa shape index (κ3) is 5.37. The van der Waals surface area contributed by atoms with Crippen molar-refractivity contribution < 1.29 is 14.0 Å². The molecule has 9 heteroatoms. The molecule has 0 aliphatic heterocycles. The number of hydrogen-bond donors (Lipinski definition) is 2. The fourth-order valence-electron chi connectivity index (χ4n) is 3.66. The normalized spacial score (nSPS) is 10.8. The number of aryl methyl sites for hydroxylation is 3. The Labute approximate surface area is 201 Å². The predicted octanol–water partition coefficient (Wildman–Crippen LogP) is 4.30. The van der Waals surface area contributed by atoms with Gasteiger partial charge in [0.2, 0.25) is 17.6 Å². The monoisotopic (exact) mass is 475 g/mol. The first-order valence-corrected chi connectivity index (χ1v) is 11.7. The first-order chi connectivity index (χ1) is 16.4. The number of aromatic nitrogens is 3. The number of amides is 2. The van der Waals surface area contributed by atoms with Crippen molar-refractivity contribution in [1.82, 2.24) is 20.1 Å². The lowest BCUT2D eigenvalue weighted by molar-refractivity contribution is -0.122. The van der Waals surface area contributed by atoms with Crippen molar-refractivity contribution >= 4 is 29.3 Å². The maximum absolute atomic E-state index is 12.4. The number of furan rings is 1. The van der Waals surface area contributed by atoms with Crippen molar-refractivity contribution in [2.45, 2.75) is 25.9 Å². The lowest BCUT2D eigenvalue weighted by Crippen LogP contribution is -2.34. The van der Waals surface area contributed by atoms with Crippen molar-refractivity contribution in [3.8, 4) is 17.3 Å². The summed E-state index contributed by atoms with van der Waals surface area (Å²) in [6.45, 7) is 5.80. The van der Waals surface area contributed by atoms with Crippen LogP contribution in [0.4, 0.5) is 5.69 Å². The molecule has 2 amide bonds. The van der Waals surface area contributed by atoms with E-state index in [9.17, 15) is 9.59 Å². The van der Waals surface area contributed by atoms with Gasteiger partial charge in [0.1, 0.15) is 0 Å². The van der Waals surface area contributed by atoms with Crippen LogP contribution in [0.3, 0.4) is 0 Å². The van der Waals surface area contributed by atoms with Gasteiger partial charge in [-0.25, -0.2) is 0 Å². The van der Waals surface area contributed by atoms with Gasteiger partial charge in [0.25, 0.3) is 0 Å². The summed E-state index contributed by atoms with van der Waals surface area (Å²) in [5.41, 5.74) is 4.74. The Morgan fingerprint density at radius 2 is 1.71 bits per heavy atom. The molecular formula is C25H25N5O3S. The van der Waals surface area contributed by atoms with Crippen LogP contribution in [-0.2, 0) is 9.59 Å². The van der Waals surface area contributed by atoms with Crippen LogP contribution in [0.25, 0.3) is 17.3 Å². The highest BCUT2D eigenvalue weighted by atomic mass is 32.2. The maximum Gasteiger partial charge on any atom is 0.243 e. The predicted molar refractivity (Wildman–Crippen MR) is 132 cm³/mol. The van der Waals surface area contributed by atoms with E-state index >= 15 is 0 Å². The fraction of sp³-hybridized carbons (Fsp3) is 0.200. The second-order valence-corrected chi connectivity index (χ2v) is 8.78. The van der Waals surface area contributed by atoms with E-state index in [1.807, 2.05) is 67.8 Å². The van der Waals surface area contributed by atoms with Gasteiger partial charge < -0.3 is 15.1 Å². The topological polar surface area (TPSA) is 102 Å². The number of hydrogen-bond acceptors (Lipinski definition) is 6. The van der Waals surface area contributed by atoms with E-state index in [0.717, 1.165) is 28.1 Å². The summed E-state index contributed by atoms with van der Waals surface area (Å²) in [6.07, 6.45) is 1.57. The SMILES string of the molecule is Cc1cc(C)c(NC(=O)CNC(=O)CSc2nnc(-c3ccco3)n2-c2ccccc2)c(C)c1. The van der Waals surface area contributed by atoms with Crippen molar-refractivity contribution in [2.75, 3.05) is 17.6 Å². The first-order valence-electron chi connectivity index (χ1n) is 10.7. The van der Waals surface area contributed by atoms with Gasteiger partial charge in [-0.2, -0.15) is 0 Å². The van der Waals surface area contributed by atoms with E-state index in [1.54, 1.807) is 18.4 Å². The van der Waals surface area contributed by atoms with E-state index < -0.39 is 0 Å². The van der Waals surface area contributed by atoms with Crippen LogP contribution >= 0.6 is 11.8 Å². The van der Waals surface area contributed by atoms with E-state index in [0.29, 0.717) is 16.7 Å². The molecule has 2 N–H and O–H groups in total. The van der Waals surface area contributed by atoms with Crippen LogP contribution in [0.2, 0.25) is 0 Å². The molecular weight excluding hydrogens is 450 g/mol. The van der Waals surface area contributed by atoms with Gasteiger partial charge in [-0.1, -0.05) is 47.7 Å². The summed E-state index contributed by atoms with van der Waals surface area (Å²) in [7, 11) is 0. The van der Waals surface area contributed by atoms with Crippen LogP contribution in [0.1, 0.15) is 16.7 Å². The zero-order valence-corrected chi connectivity index (χ0v) is 20.0. The van der Waals surface area contributed by atoms with Crippen molar-refractivity contribution in [2.24, 2.45) is 0 Å². The Hall–Kier alpha value is -3.85. The number of para-hydroxylation sites is 1. The molecule has 4 aromatic rings. The number of thioether (sulfide) groups is 1.